The number of nitrogens with one attached hydrogen (secondary N) is 1. The zero-order chi connectivity index (χ0) is 13.2. The van der Waals surface area contributed by atoms with Gasteiger partial charge in [-0.2, -0.15) is 0 Å². The van der Waals surface area contributed by atoms with Crippen molar-refractivity contribution in [2.24, 2.45) is 0 Å². The van der Waals surface area contributed by atoms with Gasteiger partial charge in [-0.05, 0) is 44.0 Å². The molecule has 1 atom stereocenters. The van der Waals surface area contributed by atoms with Crippen molar-refractivity contribution in [2.75, 3.05) is 13.7 Å². The Balaban J connectivity index is 2.63. The van der Waals surface area contributed by atoms with Crippen molar-refractivity contribution in [1.29, 1.82) is 0 Å². The van der Waals surface area contributed by atoms with Crippen molar-refractivity contribution in [3.8, 4) is 17.6 Å². The van der Waals surface area contributed by atoms with Gasteiger partial charge in [0.1, 0.15) is 5.75 Å². The average Bonchev–Trinajstić information content (AvgIpc) is 2.42. The molecule has 0 radical (unpaired) electrons. The maximum atomic E-state index is 5.25. The van der Waals surface area contributed by atoms with Crippen molar-refractivity contribution >= 4 is 0 Å². The second kappa shape index (κ2) is 8.60. The van der Waals surface area contributed by atoms with Gasteiger partial charge in [-0.25, -0.2) is 0 Å². The summed E-state index contributed by atoms with van der Waals surface area (Å²) in [6.07, 6.45) is 3.04. The SMILES string of the molecule is CC#CCC(Cc1cccc(OC)c1)NCCC. The van der Waals surface area contributed by atoms with Gasteiger partial charge >= 0.3 is 0 Å². The van der Waals surface area contributed by atoms with Crippen molar-refractivity contribution in [1.82, 2.24) is 5.32 Å². The molecule has 0 saturated heterocycles. The highest BCUT2D eigenvalue weighted by Crippen LogP contribution is 2.14. The van der Waals surface area contributed by atoms with E-state index in [1.165, 1.54) is 5.56 Å². The molecular formula is C16H23NO. The van der Waals surface area contributed by atoms with Crippen molar-refractivity contribution < 1.29 is 4.74 Å². The summed E-state index contributed by atoms with van der Waals surface area (Å²) >= 11 is 0. The summed E-state index contributed by atoms with van der Waals surface area (Å²) in [7, 11) is 1.70. The number of ether oxygens (including phenoxy) is 1. The molecule has 2 nitrogen and oxygen atoms in total. The maximum absolute atomic E-state index is 5.25. The third-order valence-electron chi connectivity index (χ3n) is 2.82. The quantitative estimate of drug-likeness (QED) is 0.746. The fraction of sp³-hybridized carbons (Fsp3) is 0.500. The molecule has 0 aliphatic carbocycles. The summed E-state index contributed by atoms with van der Waals surface area (Å²) in [4.78, 5) is 0. The zero-order valence-electron chi connectivity index (χ0n) is 11.6. The molecule has 98 valence electrons. The molecule has 1 unspecified atom stereocenters. The van der Waals surface area contributed by atoms with Crippen LogP contribution in [0.1, 0.15) is 32.3 Å². The molecule has 0 saturated carbocycles. The van der Waals surface area contributed by atoms with Gasteiger partial charge < -0.3 is 10.1 Å². The van der Waals surface area contributed by atoms with Crippen LogP contribution in [0.25, 0.3) is 0 Å². The van der Waals surface area contributed by atoms with Crippen LogP contribution in [0.4, 0.5) is 0 Å². The normalized spacial score (nSPS) is 11.5. The van der Waals surface area contributed by atoms with E-state index >= 15 is 0 Å². The molecule has 0 heterocycles. The Hall–Kier alpha value is -1.46. The van der Waals surface area contributed by atoms with Crippen LogP contribution in [-0.2, 0) is 6.42 Å². The predicted octanol–water partition coefficient (Wildman–Crippen LogP) is 3.02. The third kappa shape index (κ3) is 5.25. The molecular weight excluding hydrogens is 222 g/mol. The Labute approximate surface area is 111 Å². The molecule has 0 bridgehead atoms. The Morgan fingerprint density at radius 3 is 2.89 bits per heavy atom. The molecule has 1 N–H and O–H groups in total. The first kappa shape index (κ1) is 14.6. The van der Waals surface area contributed by atoms with Gasteiger partial charge in [-0.1, -0.05) is 19.1 Å². The van der Waals surface area contributed by atoms with Crippen LogP contribution in [0, 0.1) is 11.8 Å². The highest BCUT2D eigenvalue weighted by molar-refractivity contribution is 5.29. The largest absolute Gasteiger partial charge is 0.497 e. The molecule has 1 rings (SSSR count). The van der Waals surface area contributed by atoms with Gasteiger partial charge in [-0.3, -0.25) is 0 Å². The maximum Gasteiger partial charge on any atom is 0.119 e. The molecule has 2 heteroatoms. The lowest BCUT2D eigenvalue weighted by atomic mass is 10.0. The second-order valence-electron chi connectivity index (χ2n) is 4.34. The summed E-state index contributed by atoms with van der Waals surface area (Å²) in [6, 6.07) is 8.67. The van der Waals surface area contributed by atoms with Gasteiger partial charge in [0.05, 0.1) is 7.11 Å². The molecule has 0 aliphatic rings. The standard InChI is InChI=1S/C16H23NO/c1-4-6-9-15(17-11-5-2)12-14-8-7-10-16(13-14)18-3/h7-8,10,13,15,17H,5,9,11-12H2,1-3H3. The van der Waals surface area contributed by atoms with Crippen LogP contribution in [0.2, 0.25) is 0 Å². The highest BCUT2D eigenvalue weighted by Gasteiger charge is 2.07. The van der Waals surface area contributed by atoms with E-state index in [9.17, 15) is 0 Å². The molecule has 0 aromatic heterocycles. The van der Waals surface area contributed by atoms with Gasteiger partial charge in [-0.15, -0.1) is 11.8 Å². The predicted molar refractivity (Wildman–Crippen MR) is 76.8 cm³/mol. The summed E-state index contributed by atoms with van der Waals surface area (Å²) in [5.74, 6) is 7.05. The smallest absolute Gasteiger partial charge is 0.119 e. The molecule has 0 amide bonds. The van der Waals surface area contributed by atoms with Gasteiger partial charge in [0, 0.05) is 12.5 Å². The van der Waals surface area contributed by atoms with E-state index < -0.39 is 0 Å². The molecule has 1 aromatic carbocycles. The minimum Gasteiger partial charge on any atom is -0.497 e. The van der Waals surface area contributed by atoms with Crippen LogP contribution in [0.15, 0.2) is 24.3 Å². The Bertz CT molecular complexity index is 403. The third-order valence-corrected chi connectivity index (χ3v) is 2.82. The highest BCUT2D eigenvalue weighted by atomic mass is 16.5. The van der Waals surface area contributed by atoms with Crippen LogP contribution >= 0.6 is 0 Å². The summed E-state index contributed by atoms with van der Waals surface area (Å²) in [5, 5.41) is 3.55. The first-order chi connectivity index (χ1) is 8.80. The molecule has 18 heavy (non-hydrogen) atoms. The number of benzene rings is 1. The first-order valence-electron chi connectivity index (χ1n) is 6.56. The lowest BCUT2D eigenvalue weighted by Crippen LogP contribution is -2.31. The topological polar surface area (TPSA) is 21.3 Å². The lowest BCUT2D eigenvalue weighted by molar-refractivity contribution is 0.413. The summed E-state index contributed by atoms with van der Waals surface area (Å²) in [5.41, 5.74) is 1.29. The Kier molecular flexibility index (Phi) is 6.98. The minimum atomic E-state index is 0.421. The Morgan fingerprint density at radius 1 is 1.39 bits per heavy atom. The van der Waals surface area contributed by atoms with E-state index in [0.29, 0.717) is 6.04 Å². The van der Waals surface area contributed by atoms with E-state index in [1.807, 2.05) is 19.1 Å². The van der Waals surface area contributed by atoms with Gasteiger partial charge in [0.25, 0.3) is 0 Å². The van der Waals surface area contributed by atoms with Crippen LogP contribution in [-0.4, -0.2) is 19.7 Å². The number of methoxy groups -OCH3 is 1. The number of hydrogen-bond donors (Lipinski definition) is 1. The van der Waals surface area contributed by atoms with E-state index in [2.05, 4.69) is 36.2 Å². The van der Waals surface area contributed by atoms with E-state index in [-0.39, 0.29) is 0 Å². The fourth-order valence-electron chi connectivity index (χ4n) is 1.87. The van der Waals surface area contributed by atoms with Crippen LogP contribution in [0.5, 0.6) is 5.75 Å². The van der Waals surface area contributed by atoms with Crippen LogP contribution < -0.4 is 10.1 Å². The van der Waals surface area contributed by atoms with Gasteiger partial charge in [0.15, 0.2) is 0 Å². The van der Waals surface area contributed by atoms with E-state index in [4.69, 9.17) is 4.74 Å². The lowest BCUT2D eigenvalue weighted by Gasteiger charge is -2.16. The zero-order valence-corrected chi connectivity index (χ0v) is 11.6. The average molecular weight is 245 g/mol. The second-order valence-corrected chi connectivity index (χ2v) is 4.34. The summed E-state index contributed by atoms with van der Waals surface area (Å²) in [6.45, 7) is 5.11. The van der Waals surface area contributed by atoms with Crippen molar-refractivity contribution in [3.05, 3.63) is 29.8 Å². The molecule has 0 aliphatic heterocycles. The first-order valence-corrected chi connectivity index (χ1v) is 6.56. The van der Waals surface area contributed by atoms with Crippen molar-refractivity contribution in [3.63, 3.8) is 0 Å². The van der Waals surface area contributed by atoms with Gasteiger partial charge in [0.2, 0.25) is 0 Å². The minimum absolute atomic E-state index is 0.421. The molecule has 1 aromatic rings. The number of rotatable bonds is 7. The van der Waals surface area contributed by atoms with E-state index in [1.54, 1.807) is 7.11 Å². The van der Waals surface area contributed by atoms with Crippen molar-refractivity contribution in [2.45, 2.75) is 39.2 Å². The molecule has 0 spiro atoms. The number of hydrogen-bond acceptors (Lipinski definition) is 2. The van der Waals surface area contributed by atoms with E-state index in [0.717, 1.165) is 31.6 Å². The molecule has 0 fully saturated rings. The monoisotopic (exact) mass is 245 g/mol. The van der Waals surface area contributed by atoms with Crippen LogP contribution in [0.3, 0.4) is 0 Å². The fourth-order valence-corrected chi connectivity index (χ4v) is 1.87. The Morgan fingerprint density at radius 2 is 2.22 bits per heavy atom. The summed E-state index contributed by atoms with van der Waals surface area (Å²) < 4.78 is 5.25.